The van der Waals surface area contributed by atoms with Crippen molar-refractivity contribution < 1.29 is 4.79 Å². The summed E-state index contributed by atoms with van der Waals surface area (Å²) < 4.78 is 0.709. The van der Waals surface area contributed by atoms with Gasteiger partial charge in [0, 0.05) is 0 Å². The molecule has 1 aromatic carbocycles. The molecule has 0 aliphatic carbocycles. The van der Waals surface area contributed by atoms with E-state index in [2.05, 4.69) is 21.2 Å². The van der Waals surface area contributed by atoms with Gasteiger partial charge in [-0.25, -0.2) is 0 Å². The molecule has 17 heavy (non-hydrogen) atoms. The Bertz CT molecular complexity index is 527. The minimum absolute atomic E-state index is 0.0497. The smallest absolute Gasteiger partial charge is 0.228 e. The number of halogens is 2. The molecule has 1 aromatic heterocycles. The van der Waals surface area contributed by atoms with E-state index in [1.54, 1.807) is 23.5 Å². The zero-order valence-electron chi connectivity index (χ0n) is 8.74. The molecular formula is C12H9BrClNOS. The maximum absolute atomic E-state index is 11.8. The summed E-state index contributed by atoms with van der Waals surface area (Å²) in [5, 5.41) is 7.33. The molecule has 2 aromatic rings. The number of hydrogen-bond acceptors (Lipinski definition) is 2. The van der Waals surface area contributed by atoms with Crippen molar-refractivity contribution in [3.05, 3.63) is 50.1 Å². The number of amides is 1. The summed E-state index contributed by atoms with van der Waals surface area (Å²) >= 11 is 10.9. The van der Waals surface area contributed by atoms with Crippen molar-refractivity contribution in [3.63, 3.8) is 0 Å². The quantitative estimate of drug-likeness (QED) is 0.891. The average Bonchev–Trinajstić information content (AvgIpc) is 2.77. The Hall–Kier alpha value is -0.840. The lowest BCUT2D eigenvalue weighted by atomic mass is 10.2. The molecule has 1 heterocycles. The van der Waals surface area contributed by atoms with Crippen molar-refractivity contribution in [2.24, 2.45) is 0 Å². The fourth-order valence-corrected chi connectivity index (χ4v) is 2.58. The fourth-order valence-electron chi connectivity index (χ4n) is 1.37. The van der Waals surface area contributed by atoms with E-state index in [4.69, 9.17) is 11.6 Å². The first kappa shape index (κ1) is 12.6. The second-order valence-electron chi connectivity index (χ2n) is 3.46. The Kier molecular flexibility index (Phi) is 4.20. The molecule has 0 atom stereocenters. The molecule has 0 radical (unpaired) electrons. The first-order chi connectivity index (χ1) is 8.16. The van der Waals surface area contributed by atoms with Gasteiger partial charge in [0.05, 0.1) is 21.6 Å². The maximum Gasteiger partial charge on any atom is 0.228 e. The predicted octanol–water partition coefficient (Wildman–Crippen LogP) is 4.35. The van der Waals surface area contributed by atoms with Crippen LogP contribution in [-0.4, -0.2) is 5.91 Å². The number of carbonyl (C=O) groups excluding carboxylic acids is 1. The molecular weight excluding hydrogens is 322 g/mol. The van der Waals surface area contributed by atoms with Gasteiger partial charge >= 0.3 is 0 Å². The number of benzene rings is 1. The summed E-state index contributed by atoms with van der Waals surface area (Å²) in [5.41, 5.74) is 1.71. The van der Waals surface area contributed by atoms with Gasteiger partial charge < -0.3 is 5.32 Å². The van der Waals surface area contributed by atoms with Crippen molar-refractivity contribution >= 4 is 50.5 Å². The van der Waals surface area contributed by atoms with Crippen LogP contribution < -0.4 is 5.32 Å². The van der Waals surface area contributed by atoms with Crippen molar-refractivity contribution in [1.29, 1.82) is 0 Å². The highest BCUT2D eigenvalue weighted by molar-refractivity contribution is 9.10. The van der Waals surface area contributed by atoms with E-state index in [9.17, 15) is 4.79 Å². The van der Waals surface area contributed by atoms with Crippen LogP contribution in [0, 0.1) is 0 Å². The topological polar surface area (TPSA) is 29.1 Å². The fraction of sp³-hybridized carbons (Fsp3) is 0.0833. The standard InChI is InChI=1S/C12H9BrClNOS/c13-12-9(14)2-1-3-10(12)15-11(16)6-8-4-5-17-7-8/h1-5,7H,6H2,(H,15,16). The third-order valence-corrected chi connectivity index (χ3v) is 4.30. The molecule has 5 heteroatoms. The van der Waals surface area contributed by atoms with E-state index in [0.717, 1.165) is 5.56 Å². The summed E-state index contributed by atoms with van der Waals surface area (Å²) in [6.45, 7) is 0. The van der Waals surface area contributed by atoms with E-state index in [-0.39, 0.29) is 5.91 Å². The van der Waals surface area contributed by atoms with Crippen LogP contribution in [0.2, 0.25) is 5.02 Å². The van der Waals surface area contributed by atoms with E-state index in [1.807, 2.05) is 22.9 Å². The number of nitrogens with one attached hydrogen (secondary N) is 1. The number of thiophene rings is 1. The van der Waals surface area contributed by atoms with E-state index >= 15 is 0 Å². The van der Waals surface area contributed by atoms with Gasteiger partial charge in [0.25, 0.3) is 0 Å². The maximum atomic E-state index is 11.8. The summed E-state index contributed by atoms with van der Waals surface area (Å²) in [6, 6.07) is 7.31. The van der Waals surface area contributed by atoms with Gasteiger partial charge in [-0.1, -0.05) is 17.7 Å². The highest BCUT2D eigenvalue weighted by Crippen LogP contribution is 2.30. The number of rotatable bonds is 3. The van der Waals surface area contributed by atoms with Crippen molar-refractivity contribution in [3.8, 4) is 0 Å². The van der Waals surface area contributed by atoms with Crippen LogP contribution in [0.15, 0.2) is 39.5 Å². The Labute approximate surface area is 117 Å². The van der Waals surface area contributed by atoms with Gasteiger partial charge in [0.2, 0.25) is 5.91 Å². The minimum atomic E-state index is -0.0497. The zero-order valence-corrected chi connectivity index (χ0v) is 11.9. The van der Waals surface area contributed by atoms with Crippen LogP contribution >= 0.6 is 38.9 Å². The lowest BCUT2D eigenvalue weighted by Gasteiger charge is -2.07. The number of anilines is 1. The molecule has 0 spiro atoms. The van der Waals surface area contributed by atoms with Crippen LogP contribution in [0.5, 0.6) is 0 Å². The monoisotopic (exact) mass is 329 g/mol. The van der Waals surface area contributed by atoms with E-state index in [0.29, 0.717) is 21.6 Å². The second kappa shape index (κ2) is 5.67. The first-order valence-electron chi connectivity index (χ1n) is 4.92. The molecule has 0 bridgehead atoms. The molecule has 0 saturated carbocycles. The molecule has 2 nitrogen and oxygen atoms in total. The molecule has 0 fully saturated rings. The third kappa shape index (κ3) is 3.31. The minimum Gasteiger partial charge on any atom is -0.325 e. The Morgan fingerprint density at radius 2 is 2.24 bits per heavy atom. The second-order valence-corrected chi connectivity index (χ2v) is 5.44. The Morgan fingerprint density at radius 3 is 2.94 bits per heavy atom. The largest absolute Gasteiger partial charge is 0.325 e. The SMILES string of the molecule is O=C(Cc1ccsc1)Nc1cccc(Cl)c1Br. The number of hydrogen-bond donors (Lipinski definition) is 1. The van der Waals surface area contributed by atoms with Crippen molar-refractivity contribution in [1.82, 2.24) is 0 Å². The molecule has 0 aliphatic rings. The molecule has 0 aliphatic heterocycles. The van der Waals surface area contributed by atoms with Gasteiger partial charge in [0.15, 0.2) is 0 Å². The summed E-state index contributed by atoms with van der Waals surface area (Å²) in [5.74, 6) is -0.0497. The van der Waals surface area contributed by atoms with Gasteiger partial charge in [-0.05, 0) is 50.5 Å². The molecule has 0 unspecified atom stereocenters. The Balaban J connectivity index is 2.06. The van der Waals surface area contributed by atoms with Gasteiger partial charge in [-0.3, -0.25) is 4.79 Å². The van der Waals surface area contributed by atoms with E-state index < -0.39 is 0 Å². The first-order valence-corrected chi connectivity index (χ1v) is 7.03. The molecule has 88 valence electrons. The lowest BCUT2D eigenvalue weighted by molar-refractivity contribution is -0.115. The van der Waals surface area contributed by atoms with E-state index in [1.165, 1.54) is 0 Å². The number of carbonyl (C=O) groups is 1. The van der Waals surface area contributed by atoms with Gasteiger partial charge in [-0.15, -0.1) is 0 Å². The summed E-state index contributed by atoms with van der Waals surface area (Å²) in [7, 11) is 0. The Morgan fingerprint density at radius 1 is 1.41 bits per heavy atom. The van der Waals surface area contributed by atoms with Crippen molar-refractivity contribution in [2.75, 3.05) is 5.32 Å². The van der Waals surface area contributed by atoms with Crippen LogP contribution in [-0.2, 0) is 11.2 Å². The van der Waals surface area contributed by atoms with Crippen LogP contribution in [0.25, 0.3) is 0 Å². The molecule has 1 N–H and O–H groups in total. The molecule has 1 amide bonds. The highest BCUT2D eigenvalue weighted by Gasteiger charge is 2.08. The third-order valence-electron chi connectivity index (χ3n) is 2.17. The van der Waals surface area contributed by atoms with Crippen LogP contribution in [0.4, 0.5) is 5.69 Å². The van der Waals surface area contributed by atoms with Crippen LogP contribution in [0.1, 0.15) is 5.56 Å². The van der Waals surface area contributed by atoms with Gasteiger partial charge in [-0.2, -0.15) is 11.3 Å². The lowest BCUT2D eigenvalue weighted by Crippen LogP contribution is -2.14. The summed E-state index contributed by atoms with van der Waals surface area (Å²) in [4.78, 5) is 11.8. The molecule has 2 rings (SSSR count). The van der Waals surface area contributed by atoms with Crippen LogP contribution in [0.3, 0.4) is 0 Å². The van der Waals surface area contributed by atoms with Gasteiger partial charge in [0.1, 0.15) is 0 Å². The zero-order chi connectivity index (χ0) is 12.3. The predicted molar refractivity (Wildman–Crippen MR) is 75.8 cm³/mol. The molecule has 0 saturated heterocycles. The summed E-state index contributed by atoms with van der Waals surface area (Å²) in [6.07, 6.45) is 0.377. The van der Waals surface area contributed by atoms with Crippen molar-refractivity contribution in [2.45, 2.75) is 6.42 Å². The normalized spacial score (nSPS) is 10.2. The highest BCUT2D eigenvalue weighted by atomic mass is 79.9. The average molecular weight is 331 g/mol.